The third-order valence-electron chi connectivity index (χ3n) is 10.5. The zero-order valence-electron chi connectivity index (χ0n) is 32.0. The SMILES string of the molecule is C=C/C=C\C(=C/Cc1ccccc1)c1cccc(/C(N=C)=N/C(=N\Cc2cccc3sc4ccccc4c23)c2ccc3c4ccccc4n(-c4ccccc4)c3c2)c1. The number of nitrogens with zero attached hydrogens (tertiary/aromatic N) is 4. The maximum atomic E-state index is 5.34. The van der Waals surface area contributed by atoms with E-state index in [9.17, 15) is 0 Å². The lowest BCUT2D eigenvalue weighted by molar-refractivity contribution is 1.08. The molecule has 9 aromatic rings. The molecule has 0 saturated carbocycles. The number of benzene rings is 7. The van der Waals surface area contributed by atoms with Gasteiger partial charge in [0.25, 0.3) is 0 Å². The molecule has 0 unspecified atom stereocenters. The molecule has 58 heavy (non-hydrogen) atoms. The molecule has 0 aliphatic heterocycles. The summed E-state index contributed by atoms with van der Waals surface area (Å²) in [5.74, 6) is 1.08. The molecular weight excluding hydrogens is 725 g/mol. The predicted octanol–water partition coefficient (Wildman–Crippen LogP) is 13.6. The molecule has 278 valence electrons. The topological polar surface area (TPSA) is 42.0 Å². The van der Waals surface area contributed by atoms with Crippen molar-refractivity contribution in [1.29, 1.82) is 0 Å². The first-order valence-electron chi connectivity index (χ1n) is 19.4. The van der Waals surface area contributed by atoms with Crippen LogP contribution in [0.1, 0.15) is 27.8 Å². The molecule has 7 aromatic carbocycles. The maximum absolute atomic E-state index is 5.34. The van der Waals surface area contributed by atoms with Crippen LogP contribution in [0.3, 0.4) is 0 Å². The van der Waals surface area contributed by atoms with Gasteiger partial charge >= 0.3 is 0 Å². The highest BCUT2D eigenvalue weighted by molar-refractivity contribution is 7.25. The van der Waals surface area contributed by atoms with Crippen LogP contribution < -0.4 is 0 Å². The van der Waals surface area contributed by atoms with E-state index in [4.69, 9.17) is 9.98 Å². The number of thiophene rings is 1. The zero-order valence-corrected chi connectivity index (χ0v) is 32.8. The number of hydrogen-bond acceptors (Lipinski definition) is 2. The Labute approximate surface area is 342 Å². The molecule has 4 nitrogen and oxygen atoms in total. The van der Waals surface area contributed by atoms with Crippen molar-refractivity contribution in [2.45, 2.75) is 13.0 Å². The van der Waals surface area contributed by atoms with Crippen molar-refractivity contribution in [3.05, 3.63) is 229 Å². The predicted molar refractivity (Wildman–Crippen MR) is 250 cm³/mol. The molecule has 9 rings (SSSR count). The van der Waals surface area contributed by atoms with E-state index in [-0.39, 0.29) is 0 Å². The Hall–Kier alpha value is -7.21. The number of para-hydroxylation sites is 2. The van der Waals surface area contributed by atoms with E-state index in [0.29, 0.717) is 18.2 Å². The summed E-state index contributed by atoms with van der Waals surface area (Å²) in [7, 11) is 0. The average molecular weight is 765 g/mol. The van der Waals surface area contributed by atoms with Gasteiger partial charge in [-0.25, -0.2) is 9.98 Å². The molecule has 0 saturated heterocycles. The quantitative estimate of drug-likeness (QED) is 0.0756. The molecule has 0 atom stereocenters. The van der Waals surface area contributed by atoms with Crippen LogP contribution in [0.5, 0.6) is 0 Å². The largest absolute Gasteiger partial charge is 0.309 e. The molecule has 0 spiro atoms. The van der Waals surface area contributed by atoms with E-state index < -0.39 is 0 Å². The van der Waals surface area contributed by atoms with Crippen LogP contribution in [0.4, 0.5) is 0 Å². The normalized spacial score (nSPS) is 12.7. The van der Waals surface area contributed by atoms with Gasteiger partial charge < -0.3 is 4.57 Å². The summed E-state index contributed by atoms with van der Waals surface area (Å²) in [6.07, 6.45) is 8.91. The van der Waals surface area contributed by atoms with E-state index in [1.54, 1.807) is 6.08 Å². The molecular formula is C53H40N4S. The molecule has 5 heteroatoms. The highest BCUT2D eigenvalue weighted by Crippen LogP contribution is 2.37. The lowest BCUT2D eigenvalue weighted by Crippen LogP contribution is -2.06. The molecule has 2 heterocycles. The first-order valence-corrected chi connectivity index (χ1v) is 20.2. The summed E-state index contributed by atoms with van der Waals surface area (Å²) in [4.78, 5) is 15.2. The van der Waals surface area contributed by atoms with Crippen LogP contribution in [0.15, 0.2) is 216 Å². The van der Waals surface area contributed by atoms with E-state index in [0.717, 1.165) is 51.0 Å². The molecule has 0 fully saturated rings. The number of rotatable bonds is 10. The van der Waals surface area contributed by atoms with Crippen LogP contribution in [-0.2, 0) is 13.0 Å². The second kappa shape index (κ2) is 16.5. The maximum Gasteiger partial charge on any atom is 0.161 e. The third-order valence-corrected chi connectivity index (χ3v) is 11.6. The van der Waals surface area contributed by atoms with Crippen molar-refractivity contribution < 1.29 is 0 Å². The second-order valence-electron chi connectivity index (χ2n) is 14.1. The van der Waals surface area contributed by atoms with Crippen LogP contribution >= 0.6 is 11.3 Å². The fourth-order valence-electron chi connectivity index (χ4n) is 7.72. The van der Waals surface area contributed by atoms with Gasteiger partial charge in [-0.1, -0.05) is 158 Å². The van der Waals surface area contributed by atoms with Crippen LogP contribution in [-0.4, -0.2) is 23.0 Å². The van der Waals surface area contributed by atoms with Crippen molar-refractivity contribution in [1.82, 2.24) is 4.57 Å². The van der Waals surface area contributed by atoms with Gasteiger partial charge in [0, 0.05) is 47.8 Å². The fraction of sp³-hybridized carbons (Fsp3) is 0.0377. The number of allylic oxidation sites excluding steroid dienone is 5. The van der Waals surface area contributed by atoms with Gasteiger partial charge in [0.15, 0.2) is 11.7 Å². The van der Waals surface area contributed by atoms with Crippen LogP contribution in [0.2, 0.25) is 0 Å². The van der Waals surface area contributed by atoms with E-state index in [1.165, 1.54) is 36.5 Å². The van der Waals surface area contributed by atoms with Gasteiger partial charge in [-0.2, -0.15) is 0 Å². The van der Waals surface area contributed by atoms with E-state index in [2.05, 4.69) is 187 Å². The minimum Gasteiger partial charge on any atom is -0.309 e. The lowest BCUT2D eigenvalue weighted by atomic mass is 9.99. The highest BCUT2D eigenvalue weighted by Gasteiger charge is 2.16. The molecule has 0 N–H and O–H groups in total. The number of aliphatic imine (C=N–C) groups is 3. The Balaban J connectivity index is 1.20. The van der Waals surface area contributed by atoms with Gasteiger partial charge in [-0.15, -0.1) is 11.3 Å². The fourth-order valence-corrected chi connectivity index (χ4v) is 8.87. The van der Waals surface area contributed by atoms with Gasteiger partial charge in [0.1, 0.15) is 0 Å². The molecule has 0 radical (unpaired) electrons. The first kappa shape index (κ1) is 36.4. The summed E-state index contributed by atoms with van der Waals surface area (Å²) in [5.41, 5.74) is 9.59. The summed E-state index contributed by atoms with van der Waals surface area (Å²) in [6.45, 7) is 8.38. The Morgan fingerprint density at radius 3 is 2.12 bits per heavy atom. The van der Waals surface area contributed by atoms with Crippen LogP contribution in [0.25, 0.3) is 53.2 Å². The van der Waals surface area contributed by atoms with E-state index in [1.807, 2.05) is 35.6 Å². The minimum absolute atomic E-state index is 0.444. The summed E-state index contributed by atoms with van der Waals surface area (Å²) >= 11 is 1.81. The van der Waals surface area contributed by atoms with E-state index >= 15 is 0 Å². The Morgan fingerprint density at radius 2 is 1.29 bits per heavy atom. The van der Waals surface area contributed by atoms with Crippen molar-refractivity contribution in [2.75, 3.05) is 0 Å². The van der Waals surface area contributed by atoms with Gasteiger partial charge in [-0.05, 0) is 77.9 Å². The van der Waals surface area contributed by atoms with Crippen molar-refractivity contribution in [3.63, 3.8) is 0 Å². The smallest absolute Gasteiger partial charge is 0.161 e. The standard InChI is InChI=1S/C53H40N4S/c1-3-4-19-38(31-30-37-17-7-5-8-18-37)39-20-15-21-40(34-39)52(54-2)56-53(55-36-42-22-16-29-50-51(42)46-26-12-14-28-49(46)58-50)41-32-33-45-44-25-11-13-27-47(44)57(48(45)35-41)43-23-9-6-10-24-43/h3-29,31-35H,1-2,30,36H2/b19-4-,38-31+,55-53-,56-52-. The lowest BCUT2D eigenvalue weighted by Gasteiger charge is -2.11. The number of aromatic nitrogens is 1. The average Bonchev–Trinajstić information content (AvgIpc) is 3.83. The molecule has 0 aliphatic carbocycles. The van der Waals surface area contributed by atoms with Crippen LogP contribution in [0, 0.1) is 0 Å². The Bertz CT molecular complexity index is 3090. The summed E-state index contributed by atoms with van der Waals surface area (Å²) in [5, 5.41) is 4.85. The van der Waals surface area contributed by atoms with Crippen molar-refractivity contribution in [2.24, 2.45) is 15.0 Å². The summed E-state index contributed by atoms with van der Waals surface area (Å²) < 4.78 is 4.84. The summed E-state index contributed by atoms with van der Waals surface area (Å²) in [6, 6.07) is 59.5. The van der Waals surface area contributed by atoms with Gasteiger partial charge in [0.05, 0.1) is 17.6 Å². The minimum atomic E-state index is 0.444. The van der Waals surface area contributed by atoms with Crippen molar-refractivity contribution in [3.8, 4) is 5.69 Å². The second-order valence-corrected chi connectivity index (χ2v) is 15.2. The zero-order chi connectivity index (χ0) is 39.3. The molecule has 0 bridgehead atoms. The number of hydrogen-bond donors (Lipinski definition) is 0. The molecule has 0 aliphatic rings. The monoisotopic (exact) mass is 764 g/mol. The molecule has 0 amide bonds. The number of amidine groups is 2. The van der Waals surface area contributed by atoms with Gasteiger partial charge in [-0.3, -0.25) is 4.99 Å². The number of fused-ring (bicyclic) bond motifs is 6. The first-order chi connectivity index (χ1) is 28.7. The molecule has 2 aromatic heterocycles. The Kier molecular flexibility index (Phi) is 10.4. The van der Waals surface area contributed by atoms with Crippen molar-refractivity contribution >= 4 is 77.3 Å². The highest BCUT2D eigenvalue weighted by atomic mass is 32.1. The Morgan fingerprint density at radius 1 is 0.603 bits per heavy atom. The third kappa shape index (κ3) is 7.27. The van der Waals surface area contributed by atoms with Gasteiger partial charge in [0.2, 0.25) is 0 Å².